The molecule has 1 aliphatic heterocycles. The minimum atomic E-state index is 0.610. The molecule has 0 radical (unpaired) electrons. The first kappa shape index (κ1) is 12.1. The summed E-state index contributed by atoms with van der Waals surface area (Å²) in [6.45, 7) is 7.59. The van der Waals surface area contributed by atoms with Gasteiger partial charge in [0.25, 0.3) is 0 Å². The Balaban J connectivity index is 1.95. The fraction of sp³-hybridized carbons (Fsp3) is 0.636. The first-order valence-electron chi connectivity index (χ1n) is 6.09. The van der Waals surface area contributed by atoms with Gasteiger partial charge in [0, 0.05) is 26.2 Å². The van der Waals surface area contributed by atoms with Gasteiger partial charge in [-0.15, -0.1) is 0 Å². The van der Waals surface area contributed by atoms with Gasteiger partial charge < -0.3 is 10.3 Å². The van der Waals surface area contributed by atoms with Crippen LogP contribution < -0.4 is 16.2 Å². The molecule has 94 valence electrons. The summed E-state index contributed by atoms with van der Waals surface area (Å²) in [7, 11) is 0. The molecule has 0 saturated carbocycles. The van der Waals surface area contributed by atoms with E-state index in [1.54, 1.807) is 12.4 Å². The predicted octanol–water partition coefficient (Wildman–Crippen LogP) is 0.294. The normalized spacial score (nSPS) is 17.2. The van der Waals surface area contributed by atoms with Gasteiger partial charge in [0.05, 0.1) is 12.4 Å². The molecule has 1 fully saturated rings. The van der Waals surface area contributed by atoms with Gasteiger partial charge in [-0.2, -0.15) is 0 Å². The molecule has 2 rings (SSSR count). The van der Waals surface area contributed by atoms with Crippen molar-refractivity contribution >= 4 is 11.6 Å². The summed E-state index contributed by atoms with van der Waals surface area (Å²) in [6.07, 6.45) is 4.62. The number of rotatable bonds is 4. The fourth-order valence-corrected chi connectivity index (χ4v) is 2.09. The third kappa shape index (κ3) is 3.04. The molecule has 0 bridgehead atoms. The van der Waals surface area contributed by atoms with E-state index in [0.29, 0.717) is 5.82 Å². The Hall–Kier alpha value is -1.40. The Morgan fingerprint density at radius 3 is 2.71 bits per heavy atom. The van der Waals surface area contributed by atoms with Gasteiger partial charge in [0.15, 0.2) is 5.82 Å². The second kappa shape index (κ2) is 5.79. The molecule has 0 aliphatic carbocycles. The van der Waals surface area contributed by atoms with Crippen LogP contribution in [0.5, 0.6) is 0 Å². The van der Waals surface area contributed by atoms with E-state index >= 15 is 0 Å². The van der Waals surface area contributed by atoms with Crippen molar-refractivity contribution in [1.29, 1.82) is 0 Å². The van der Waals surface area contributed by atoms with Crippen LogP contribution in [-0.2, 0) is 0 Å². The molecular formula is C11H20N6. The number of nitrogens with two attached hydrogens (primary N) is 1. The minimum Gasteiger partial charge on any atom is -0.353 e. The fourth-order valence-electron chi connectivity index (χ4n) is 2.09. The average Bonchev–Trinajstić information content (AvgIpc) is 2.40. The zero-order valence-electron chi connectivity index (χ0n) is 10.3. The standard InChI is InChI=1S/C11H20N6/c1-2-3-16-4-6-17(7-5-16)11-9-13-8-10(14-11)15-12/h8-9H,2-7,12H2,1H3,(H,14,15). The van der Waals surface area contributed by atoms with Crippen molar-refractivity contribution in [1.82, 2.24) is 14.9 Å². The van der Waals surface area contributed by atoms with E-state index in [1.807, 2.05) is 0 Å². The molecule has 1 aromatic rings. The number of piperazine rings is 1. The van der Waals surface area contributed by atoms with Crippen LogP contribution in [0.15, 0.2) is 12.4 Å². The van der Waals surface area contributed by atoms with Crippen LogP contribution >= 0.6 is 0 Å². The molecule has 3 N–H and O–H groups in total. The van der Waals surface area contributed by atoms with Gasteiger partial charge in [0.1, 0.15) is 5.82 Å². The van der Waals surface area contributed by atoms with Gasteiger partial charge in [-0.1, -0.05) is 6.92 Å². The second-order valence-electron chi connectivity index (χ2n) is 4.24. The van der Waals surface area contributed by atoms with Crippen molar-refractivity contribution in [2.75, 3.05) is 43.0 Å². The molecular weight excluding hydrogens is 216 g/mol. The van der Waals surface area contributed by atoms with Gasteiger partial charge in [-0.05, 0) is 13.0 Å². The van der Waals surface area contributed by atoms with E-state index in [-0.39, 0.29) is 0 Å². The summed E-state index contributed by atoms with van der Waals surface area (Å²) in [5.41, 5.74) is 2.52. The van der Waals surface area contributed by atoms with Gasteiger partial charge in [-0.25, -0.2) is 10.8 Å². The van der Waals surface area contributed by atoms with Crippen LogP contribution in [0.25, 0.3) is 0 Å². The Labute approximate surface area is 102 Å². The lowest BCUT2D eigenvalue weighted by Gasteiger charge is -2.35. The van der Waals surface area contributed by atoms with Crippen molar-refractivity contribution < 1.29 is 0 Å². The van der Waals surface area contributed by atoms with Crippen molar-refractivity contribution in [3.8, 4) is 0 Å². The Bertz CT molecular complexity index is 348. The quantitative estimate of drug-likeness (QED) is 0.578. The Morgan fingerprint density at radius 1 is 1.29 bits per heavy atom. The third-order valence-electron chi connectivity index (χ3n) is 3.01. The summed E-state index contributed by atoms with van der Waals surface area (Å²) in [5, 5.41) is 0. The highest BCUT2D eigenvalue weighted by Crippen LogP contribution is 2.14. The number of aromatic nitrogens is 2. The second-order valence-corrected chi connectivity index (χ2v) is 4.24. The lowest BCUT2D eigenvalue weighted by atomic mass is 10.3. The molecule has 0 atom stereocenters. The molecule has 0 spiro atoms. The number of anilines is 2. The molecule has 2 heterocycles. The number of hydrazine groups is 1. The average molecular weight is 236 g/mol. The molecule has 1 saturated heterocycles. The van der Waals surface area contributed by atoms with Crippen LogP contribution in [0, 0.1) is 0 Å². The van der Waals surface area contributed by atoms with Crippen LogP contribution in [-0.4, -0.2) is 47.6 Å². The van der Waals surface area contributed by atoms with Gasteiger partial charge >= 0.3 is 0 Å². The summed E-state index contributed by atoms with van der Waals surface area (Å²) < 4.78 is 0. The van der Waals surface area contributed by atoms with E-state index in [9.17, 15) is 0 Å². The van der Waals surface area contributed by atoms with Crippen molar-refractivity contribution in [3.63, 3.8) is 0 Å². The van der Waals surface area contributed by atoms with Crippen LogP contribution in [0.4, 0.5) is 11.6 Å². The predicted molar refractivity (Wildman–Crippen MR) is 68.8 cm³/mol. The topological polar surface area (TPSA) is 70.3 Å². The molecule has 0 unspecified atom stereocenters. The van der Waals surface area contributed by atoms with E-state index in [0.717, 1.165) is 32.0 Å². The van der Waals surface area contributed by atoms with Crippen LogP contribution in [0.1, 0.15) is 13.3 Å². The lowest BCUT2D eigenvalue weighted by molar-refractivity contribution is 0.258. The van der Waals surface area contributed by atoms with Crippen LogP contribution in [0.3, 0.4) is 0 Å². The van der Waals surface area contributed by atoms with E-state index in [2.05, 4.69) is 32.1 Å². The maximum atomic E-state index is 5.33. The number of nitrogens with zero attached hydrogens (tertiary/aromatic N) is 4. The van der Waals surface area contributed by atoms with Crippen molar-refractivity contribution in [3.05, 3.63) is 12.4 Å². The first-order valence-corrected chi connectivity index (χ1v) is 6.09. The Morgan fingerprint density at radius 2 is 2.06 bits per heavy atom. The summed E-state index contributed by atoms with van der Waals surface area (Å²) in [4.78, 5) is 13.3. The SMILES string of the molecule is CCCN1CCN(c2cncc(NN)n2)CC1. The molecule has 0 amide bonds. The lowest BCUT2D eigenvalue weighted by Crippen LogP contribution is -2.46. The number of hydrogen-bond acceptors (Lipinski definition) is 6. The largest absolute Gasteiger partial charge is 0.353 e. The van der Waals surface area contributed by atoms with Crippen molar-refractivity contribution in [2.24, 2.45) is 5.84 Å². The minimum absolute atomic E-state index is 0.610. The maximum absolute atomic E-state index is 5.33. The molecule has 0 aromatic carbocycles. The zero-order chi connectivity index (χ0) is 12.1. The first-order chi connectivity index (χ1) is 8.33. The molecule has 17 heavy (non-hydrogen) atoms. The monoisotopic (exact) mass is 236 g/mol. The van der Waals surface area contributed by atoms with E-state index < -0.39 is 0 Å². The summed E-state index contributed by atoms with van der Waals surface area (Å²) >= 11 is 0. The number of nitrogens with one attached hydrogen (secondary N) is 1. The summed E-state index contributed by atoms with van der Waals surface area (Å²) in [5.74, 6) is 6.84. The van der Waals surface area contributed by atoms with Crippen molar-refractivity contribution in [2.45, 2.75) is 13.3 Å². The highest BCUT2D eigenvalue weighted by atomic mass is 15.3. The van der Waals surface area contributed by atoms with Gasteiger partial charge in [0.2, 0.25) is 0 Å². The van der Waals surface area contributed by atoms with E-state index in [4.69, 9.17) is 5.84 Å². The summed E-state index contributed by atoms with van der Waals surface area (Å²) in [6, 6.07) is 0. The molecule has 1 aliphatic rings. The Kier molecular flexibility index (Phi) is 4.11. The number of hydrogen-bond donors (Lipinski definition) is 2. The molecule has 6 nitrogen and oxygen atoms in total. The van der Waals surface area contributed by atoms with Crippen LogP contribution in [0.2, 0.25) is 0 Å². The molecule has 1 aromatic heterocycles. The zero-order valence-corrected chi connectivity index (χ0v) is 10.3. The van der Waals surface area contributed by atoms with E-state index in [1.165, 1.54) is 13.0 Å². The maximum Gasteiger partial charge on any atom is 0.160 e. The van der Waals surface area contributed by atoms with Gasteiger partial charge in [-0.3, -0.25) is 9.88 Å². The third-order valence-corrected chi connectivity index (χ3v) is 3.01. The molecule has 6 heteroatoms. The smallest absolute Gasteiger partial charge is 0.160 e. The number of nitrogen functional groups attached to an aromatic ring is 1. The highest BCUT2D eigenvalue weighted by molar-refractivity contribution is 5.43. The highest BCUT2D eigenvalue weighted by Gasteiger charge is 2.17.